The number of alkyl halides is 1. The second kappa shape index (κ2) is 21.9. The lowest BCUT2D eigenvalue weighted by molar-refractivity contribution is -0.0269. The van der Waals surface area contributed by atoms with Crippen molar-refractivity contribution in [3.05, 3.63) is 35.9 Å². The van der Waals surface area contributed by atoms with E-state index in [2.05, 4.69) is 31.2 Å². The summed E-state index contributed by atoms with van der Waals surface area (Å²) in [6, 6.07) is 10.4. The lowest BCUT2D eigenvalue weighted by Gasteiger charge is -2.16. The Hall–Kier alpha value is -0.930. The Morgan fingerprint density at radius 2 is 1.22 bits per heavy atom. The van der Waals surface area contributed by atoms with Crippen molar-refractivity contribution in [3.8, 4) is 0 Å². The molecule has 0 spiro atoms. The highest BCUT2D eigenvalue weighted by atomic mass is 19.1. The molecular formula is C29H51FO2. The highest BCUT2D eigenvalue weighted by molar-refractivity contribution is 5.13. The minimum Gasteiger partial charge on any atom is -0.379 e. The normalized spacial score (nSPS) is 13.3. The van der Waals surface area contributed by atoms with E-state index < -0.39 is 6.17 Å². The van der Waals surface area contributed by atoms with Gasteiger partial charge in [0.05, 0.1) is 25.5 Å². The smallest absolute Gasteiger partial charge is 0.0973 e. The van der Waals surface area contributed by atoms with Gasteiger partial charge in [0, 0.05) is 6.61 Å². The average molecular weight is 451 g/mol. The van der Waals surface area contributed by atoms with Gasteiger partial charge in [-0.15, -0.1) is 0 Å². The summed E-state index contributed by atoms with van der Waals surface area (Å²) in [5, 5.41) is 0. The van der Waals surface area contributed by atoms with Crippen molar-refractivity contribution in [2.75, 3.05) is 13.2 Å². The number of hydrogen-bond acceptors (Lipinski definition) is 2. The van der Waals surface area contributed by atoms with Crippen LogP contribution in [-0.2, 0) is 16.1 Å². The zero-order valence-electron chi connectivity index (χ0n) is 21.2. The van der Waals surface area contributed by atoms with Crippen molar-refractivity contribution in [1.29, 1.82) is 0 Å². The molecule has 0 N–H and O–H groups in total. The van der Waals surface area contributed by atoms with Crippen molar-refractivity contribution in [2.24, 2.45) is 0 Å². The lowest BCUT2D eigenvalue weighted by atomic mass is 10.0. The molecule has 0 amide bonds. The molecule has 0 aliphatic carbocycles. The van der Waals surface area contributed by atoms with Crippen LogP contribution in [0.3, 0.4) is 0 Å². The number of rotatable bonds is 23. The van der Waals surface area contributed by atoms with Crippen LogP contribution in [0, 0.1) is 0 Å². The zero-order valence-corrected chi connectivity index (χ0v) is 21.2. The van der Waals surface area contributed by atoms with E-state index in [-0.39, 0.29) is 6.10 Å². The fourth-order valence-corrected chi connectivity index (χ4v) is 4.04. The van der Waals surface area contributed by atoms with Gasteiger partial charge < -0.3 is 9.47 Å². The van der Waals surface area contributed by atoms with E-state index in [1.54, 1.807) is 6.92 Å². The Bertz CT molecular complexity index is 491. The summed E-state index contributed by atoms with van der Waals surface area (Å²) in [4.78, 5) is 0. The van der Waals surface area contributed by atoms with Crippen molar-refractivity contribution < 1.29 is 13.9 Å². The first-order chi connectivity index (χ1) is 15.7. The molecule has 186 valence electrons. The summed E-state index contributed by atoms with van der Waals surface area (Å²) in [7, 11) is 0. The van der Waals surface area contributed by atoms with Crippen molar-refractivity contribution in [3.63, 3.8) is 0 Å². The molecule has 1 aromatic carbocycles. The van der Waals surface area contributed by atoms with Crippen molar-refractivity contribution >= 4 is 0 Å². The molecule has 2 atom stereocenters. The highest BCUT2D eigenvalue weighted by Gasteiger charge is 2.07. The van der Waals surface area contributed by atoms with Gasteiger partial charge in [0.25, 0.3) is 0 Å². The third-order valence-corrected chi connectivity index (χ3v) is 6.23. The first-order valence-corrected chi connectivity index (χ1v) is 13.6. The predicted molar refractivity (Wildman–Crippen MR) is 136 cm³/mol. The van der Waals surface area contributed by atoms with Gasteiger partial charge in [0.2, 0.25) is 0 Å². The van der Waals surface area contributed by atoms with E-state index in [1.165, 1.54) is 89.0 Å². The van der Waals surface area contributed by atoms with Crippen molar-refractivity contribution in [2.45, 2.75) is 135 Å². The minimum absolute atomic E-state index is 0.195. The molecule has 0 saturated heterocycles. The molecular weight excluding hydrogens is 399 g/mol. The standard InChI is InChI=1S/C29H51FO2/c1-3-29(32-25-28-22-18-16-19-23-28)26-31-24-20-15-13-11-9-7-5-4-6-8-10-12-14-17-21-27(2)30/h16,18-19,22-23,27,29H,3-15,17,20-21,24-26H2,1-2H3. The molecule has 0 heterocycles. The quantitative estimate of drug-likeness (QED) is 0.155. The van der Waals surface area contributed by atoms with Crippen LogP contribution in [0.2, 0.25) is 0 Å². The Balaban J connectivity index is 1.77. The van der Waals surface area contributed by atoms with E-state index in [1.807, 2.05) is 6.07 Å². The summed E-state index contributed by atoms with van der Waals surface area (Å²) >= 11 is 0. The minimum atomic E-state index is -0.618. The molecule has 3 heteroatoms. The third kappa shape index (κ3) is 18.6. The maximum atomic E-state index is 12.7. The molecule has 0 radical (unpaired) electrons. The summed E-state index contributed by atoms with van der Waals surface area (Å²) in [5.41, 5.74) is 1.22. The van der Waals surface area contributed by atoms with Crippen LogP contribution in [0.5, 0.6) is 0 Å². The Labute approximate surface area is 198 Å². The van der Waals surface area contributed by atoms with Gasteiger partial charge in [-0.05, 0) is 31.7 Å². The molecule has 1 rings (SSSR count). The molecule has 0 aromatic heterocycles. The monoisotopic (exact) mass is 450 g/mol. The summed E-state index contributed by atoms with van der Waals surface area (Å²) in [6.45, 7) is 6.07. The van der Waals surface area contributed by atoms with E-state index in [9.17, 15) is 4.39 Å². The van der Waals surface area contributed by atoms with Crippen LogP contribution in [0.4, 0.5) is 4.39 Å². The van der Waals surface area contributed by atoms with Gasteiger partial charge in [-0.25, -0.2) is 4.39 Å². The molecule has 2 nitrogen and oxygen atoms in total. The highest BCUT2D eigenvalue weighted by Crippen LogP contribution is 2.14. The fourth-order valence-electron chi connectivity index (χ4n) is 4.04. The Morgan fingerprint density at radius 1 is 0.719 bits per heavy atom. The molecule has 0 aliphatic rings. The van der Waals surface area contributed by atoms with Crippen LogP contribution in [0.25, 0.3) is 0 Å². The van der Waals surface area contributed by atoms with Gasteiger partial charge in [0.15, 0.2) is 0 Å². The number of unbranched alkanes of at least 4 members (excludes halogenated alkanes) is 13. The SMILES string of the molecule is CCC(COCCCCCCCCCCCCCCCCC(C)F)OCc1ccccc1. The van der Waals surface area contributed by atoms with E-state index >= 15 is 0 Å². The van der Waals surface area contributed by atoms with Gasteiger partial charge in [-0.2, -0.15) is 0 Å². The number of halogens is 1. The van der Waals surface area contributed by atoms with Crippen LogP contribution in [0.1, 0.15) is 122 Å². The molecule has 32 heavy (non-hydrogen) atoms. The maximum Gasteiger partial charge on any atom is 0.0973 e. The Morgan fingerprint density at radius 3 is 1.72 bits per heavy atom. The van der Waals surface area contributed by atoms with Crippen LogP contribution >= 0.6 is 0 Å². The predicted octanol–water partition coefficient (Wildman–Crippen LogP) is 9.21. The molecule has 2 unspecified atom stereocenters. The number of ether oxygens (including phenoxy) is 2. The molecule has 0 bridgehead atoms. The second-order valence-corrected chi connectivity index (χ2v) is 9.42. The number of benzene rings is 1. The van der Waals surface area contributed by atoms with Gasteiger partial charge in [0.1, 0.15) is 0 Å². The van der Waals surface area contributed by atoms with Gasteiger partial charge >= 0.3 is 0 Å². The molecule has 0 saturated carbocycles. The summed E-state index contributed by atoms with van der Waals surface area (Å²) in [6.07, 6.45) is 19.7. The van der Waals surface area contributed by atoms with E-state index in [0.717, 1.165) is 25.9 Å². The maximum absolute atomic E-state index is 12.7. The molecule has 0 fully saturated rings. The number of hydrogen-bond donors (Lipinski definition) is 0. The topological polar surface area (TPSA) is 18.5 Å². The van der Waals surface area contributed by atoms with E-state index in [0.29, 0.717) is 13.2 Å². The third-order valence-electron chi connectivity index (χ3n) is 6.23. The first-order valence-electron chi connectivity index (χ1n) is 13.6. The van der Waals surface area contributed by atoms with Gasteiger partial charge in [-0.3, -0.25) is 0 Å². The van der Waals surface area contributed by atoms with Gasteiger partial charge in [-0.1, -0.05) is 121 Å². The Kier molecular flexibility index (Phi) is 19.9. The van der Waals surface area contributed by atoms with Crippen LogP contribution in [-0.4, -0.2) is 25.5 Å². The second-order valence-electron chi connectivity index (χ2n) is 9.42. The average Bonchev–Trinajstić information content (AvgIpc) is 2.80. The fraction of sp³-hybridized carbons (Fsp3) is 0.793. The first kappa shape index (κ1) is 29.1. The largest absolute Gasteiger partial charge is 0.379 e. The summed E-state index contributed by atoms with van der Waals surface area (Å²) in [5.74, 6) is 0. The molecule has 0 aliphatic heterocycles. The summed E-state index contributed by atoms with van der Waals surface area (Å²) < 4.78 is 24.5. The van der Waals surface area contributed by atoms with Crippen LogP contribution < -0.4 is 0 Å². The zero-order chi connectivity index (χ0) is 23.1. The van der Waals surface area contributed by atoms with Crippen LogP contribution in [0.15, 0.2) is 30.3 Å². The molecule has 1 aromatic rings. The van der Waals surface area contributed by atoms with Crippen molar-refractivity contribution in [1.82, 2.24) is 0 Å². The lowest BCUT2D eigenvalue weighted by Crippen LogP contribution is -2.19. The van der Waals surface area contributed by atoms with E-state index in [4.69, 9.17) is 9.47 Å².